The summed E-state index contributed by atoms with van der Waals surface area (Å²) in [7, 11) is 0. The standard InChI is InChI=1S/C14H27NO/c1-3-14(2)11-13(8-10-16-14)15-9-7-12-5-4-6-12/h12-13,15H,3-11H2,1-2H3. The summed E-state index contributed by atoms with van der Waals surface area (Å²) in [5, 5.41) is 3.73. The molecule has 2 fully saturated rings. The molecule has 0 radical (unpaired) electrons. The van der Waals surface area contributed by atoms with Crippen molar-refractivity contribution in [2.24, 2.45) is 5.92 Å². The molecule has 1 saturated carbocycles. The van der Waals surface area contributed by atoms with Crippen LogP contribution in [0, 0.1) is 5.92 Å². The molecule has 1 aliphatic heterocycles. The summed E-state index contributed by atoms with van der Waals surface area (Å²) in [4.78, 5) is 0. The lowest BCUT2D eigenvalue weighted by Gasteiger charge is -2.38. The molecule has 0 aromatic carbocycles. The van der Waals surface area contributed by atoms with E-state index in [-0.39, 0.29) is 5.60 Å². The van der Waals surface area contributed by atoms with Gasteiger partial charge in [0.1, 0.15) is 0 Å². The van der Waals surface area contributed by atoms with E-state index in [0.29, 0.717) is 6.04 Å². The van der Waals surface area contributed by atoms with E-state index in [9.17, 15) is 0 Å². The topological polar surface area (TPSA) is 21.3 Å². The van der Waals surface area contributed by atoms with Crippen LogP contribution in [-0.4, -0.2) is 24.8 Å². The molecule has 1 N–H and O–H groups in total. The molecule has 0 amide bonds. The Morgan fingerprint density at radius 1 is 1.31 bits per heavy atom. The predicted molar refractivity (Wildman–Crippen MR) is 67.6 cm³/mol. The van der Waals surface area contributed by atoms with E-state index in [2.05, 4.69) is 19.2 Å². The number of nitrogens with one attached hydrogen (secondary N) is 1. The molecule has 2 aliphatic rings. The first-order valence-corrected chi connectivity index (χ1v) is 7.09. The monoisotopic (exact) mass is 225 g/mol. The Morgan fingerprint density at radius 2 is 2.12 bits per heavy atom. The van der Waals surface area contributed by atoms with Crippen molar-refractivity contribution >= 4 is 0 Å². The maximum atomic E-state index is 5.86. The third-order valence-electron chi connectivity index (χ3n) is 4.55. The Morgan fingerprint density at radius 3 is 2.75 bits per heavy atom. The van der Waals surface area contributed by atoms with E-state index in [1.54, 1.807) is 0 Å². The van der Waals surface area contributed by atoms with Crippen molar-refractivity contribution in [3.63, 3.8) is 0 Å². The first-order valence-electron chi connectivity index (χ1n) is 7.09. The molecule has 2 unspecified atom stereocenters. The second-order valence-electron chi connectivity index (χ2n) is 5.88. The van der Waals surface area contributed by atoms with Crippen molar-refractivity contribution in [1.82, 2.24) is 5.32 Å². The number of ether oxygens (including phenoxy) is 1. The molecular weight excluding hydrogens is 198 g/mol. The van der Waals surface area contributed by atoms with Crippen molar-refractivity contribution in [3.05, 3.63) is 0 Å². The molecule has 94 valence electrons. The number of rotatable bonds is 5. The van der Waals surface area contributed by atoms with Gasteiger partial charge in [0.05, 0.1) is 5.60 Å². The lowest BCUT2D eigenvalue weighted by Crippen LogP contribution is -2.45. The van der Waals surface area contributed by atoms with Crippen LogP contribution in [0.25, 0.3) is 0 Å². The van der Waals surface area contributed by atoms with E-state index in [1.165, 1.54) is 45.1 Å². The van der Waals surface area contributed by atoms with Crippen LogP contribution in [-0.2, 0) is 4.74 Å². The SMILES string of the molecule is CCC1(C)CC(NCCC2CCC2)CCO1. The Balaban J connectivity index is 1.64. The third-order valence-corrected chi connectivity index (χ3v) is 4.55. The van der Waals surface area contributed by atoms with Crippen molar-refractivity contribution in [2.45, 2.75) is 70.4 Å². The Kier molecular flexibility index (Phi) is 4.26. The Hall–Kier alpha value is -0.0800. The van der Waals surface area contributed by atoms with Gasteiger partial charge < -0.3 is 10.1 Å². The van der Waals surface area contributed by atoms with E-state index < -0.39 is 0 Å². The van der Waals surface area contributed by atoms with Crippen LogP contribution in [0.5, 0.6) is 0 Å². The smallest absolute Gasteiger partial charge is 0.0666 e. The second-order valence-corrected chi connectivity index (χ2v) is 5.88. The van der Waals surface area contributed by atoms with E-state index >= 15 is 0 Å². The Labute approximate surface area is 100 Å². The summed E-state index contributed by atoms with van der Waals surface area (Å²) in [6.45, 7) is 6.64. The van der Waals surface area contributed by atoms with Gasteiger partial charge in [-0.15, -0.1) is 0 Å². The van der Waals surface area contributed by atoms with Crippen molar-refractivity contribution in [2.75, 3.05) is 13.2 Å². The van der Waals surface area contributed by atoms with Crippen LogP contribution in [0.4, 0.5) is 0 Å². The first kappa shape index (κ1) is 12.4. The molecule has 0 spiro atoms. The second kappa shape index (κ2) is 5.50. The van der Waals surface area contributed by atoms with E-state index in [0.717, 1.165) is 18.9 Å². The molecule has 0 aromatic heterocycles. The molecule has 1 aliphatic carbocycles. The molecule has 16 heavy (non-hydrogen) atoms. The van der Waals surface area contributed by atoms with Gasteiger partial charge in [-0.3, -0.25) is 0 Å². The Bertz CT molecular complexity index is 215. The molecular formula is C14H27NO. The zero-order chi connectivity index (χ0) is 11.4. The van der Waals surface area contributed by atoms with Crippen molar-refractivity contribution in [1.29, 1.82) is 0 Å². The first-order chi connectivity index (χ1) is 7.72. The van der Waals surface area contributed by atoms with Crippen LogP contribution in [0.15, 0.2) is 0 Å². The predicted octanol–water partition coefficient (Wildman–Crippen LogP) is 3.11. The average molecular weight is 225 g/mol. The third kappa shape index (κ3) is 3.21. The minimum atomic E-state index is 0.131. The van der Waals surface area contributed by atoms with Crippen LogP contribution in [0.1, 0.15) is 58.8 Å². The van der Waals surface area contributed by atoms with Gasteiger partial charge in [-0.2, -0.15) is 0 Å². The van der Waals surface area contributed by atoms with Crippen molar-refractivity contribution < 1.29 is 4.74 Å². The molecule has 2 atom stereocenters. The lowest BCUT2D eigenvalue weighted by atomic mass is 9.83. The molecule has 1 saturated heterocycles. The van der Waals surface area contributed by atoms with Gasteiger partial charge in [0.2, 0.25) is 0 Å². The summed E-state index contributed by atoms with van der Waals surface area (Å²) < 4.78 is 5.86. The van der Waals surface area contributed by atoms with Gasteiger partial charge in [0.15, 0.2) is 0 Å². The maximum Gasteiger partial charge on any atom is 0.0666 e. The fraction of sp³-hybridized carbons (Fsp3) is 1.00. The minimum Gasteiger partial charge on any atom is -0.375 e. The van der Waals surface area contributed by atoms with E-state index in [1.807, 2.05) is 0 Å². The van der Waals surface area contributed by atoms with Crippen molar-refractivity contribution in [3.8, 4) is 0 Å². The number of hydrogen-bond donors (Lipinski definition) is 1. The van der Waals surface area contributed by atoms with Gasteiger partial charge in [0.25, 0.3) is 0 Å². The summed E-state index contributed by atoms with van der Waals surface area (Å²) >= 11 is 0. The van der Waals surface area contributed by atoms with Crippen LogP contribution in [0.2, 0.25) is 0 Å². The molecule has 1 heterocycles. The fourth-order valence-corrected chi connectivity index (χ4v) is 2.82. The highest BCUT2D eigenvalue weighted by Gasteiger charge is 2.31. The summed E-state index contributed by atoms with van der Waals surface area (Å²) in [6.07, 6.45) is 9.32. The van der Waals surface area contributed by atoms with Gasteiger partial charge >= 0.3 is 0 Å². The molecule has 0 aromatic rings. The number of hydrogen-bond acceptors (Lipinski definition) is 2. The highest BCUT2D eigenvalue weighted by atomic mass is 16.5. The summed E-state index contributed by atoms with van der Waals surface area (Å²) in [5.41, 5.74) is 0.131. The molecule has 2 heteroatoms. The fourth-order valence-electron chi connectivity index (χ4n) is 2.82. The van der Waals surface area contributed by atoms with Crippen LogP contribution in [0.3, 0.4) is 0 Å². The van der Waals surface area contributed by atoms with Gasteiger partial charge in [-0.25, -0.2) is 0 Å². The molecule has 2 rings (SSSR count). The largest absolute Gasteiger partial charge is 0.375 e. The van der Waals surface area contributed by atoms with Gasteiger partial charge in [-0.1, -0.05) is 26.2 Å². The van der Waals surface area contributed by atoms with Gasteiger partial charge in [0, 0.05) is 12.6 Å². The lowest BCUT2D eigenvalue weighted by molar-refractivity contribution is -0.0780. The van der Waals surface area contributed by atoms with Crippen LogP contribution < -0.4 is 5.32 Å². The van der Waals surface area contributed by atoms with Crippen LogP contribution >= 0.6 is 0 Å². The summed E-state index contributed by atoms with van der Waals surface area (Å²) in [6, 6.07) is 0.693. The molecule has 2 nitrogen and oxygen atoms in total. The highest BCUT2D eigenvalue weighted by Crippen LogP contribution is 2.30. The summed E-state index contributed by atoms with van der Waals surface area (Å²) in [5.74, 6) is 1.03. The minimum absolute atomic E-state index is 0.131. The molecule has 0 bridgehead atoms. The van der Waals surface area contributed by atoms with E-state index in [4.69, 9.17) is 4.74 Å². The normalized spacial score (nSPS) is 36.0. The highest BCUT2D eigenvalue weighted by molar-refractivity contribution is 4.85. The average Bonchev–Trinajstić information content (AvgIpc) is 2.22. The zero-order valence-electron chi connectivity index (χ0n) is 10.9. The quantitative estimate of drug-likeness (QED) is 0.776. The maximum absolute atomic E-state index is 5.86. The zero-order valence-corrected chi connectivity index (χ0v) is 10.9. The van der Waals surface area contributed by atoms with Gasteiger partial charge in [-0.05, 0) is 45.1 Å².